The molecule has 2 aromatic heterocycles. The number of oxime groups is 1. The summed E-state index contributed by atoms with van der Waals surface area (Å²) in [4.78, 5) is 21.2. The summed E-state index contributed by atoms with van der Waals surface area (Å²) in [6, 6.07) is 10.5. The lowest BCUT2D eigenvalue weighted by atomic mass is 10.2. The summed E-state index contributed by atoms with van der Waals surface area (Å²) in [7, 11) is 0. The molecule has 0 atom stereocenters. The predicted octanol–water partition coefficient (Wildman–Crippen LogP) is 3.69. The molecule has 0 amide bonds. The monoisotopic (exact) mass is 327 g/mol. The van der Waals surface area contributed by atoms with Crippen LogP contribution in [-0.2, 0) is 4.84 Å². The van der Waals surface area contributed by atoms with Crippen molar-refractivity contribution in [2.75, 3.05) is 0 Å². The van der Waals surface area contributed by atoms with Crippen LogP contribution in [0.15, 0.2) is 51.5 Å². The van der Waals surface area contributed by atoms with Gasteiger partial charge in [0.05, 0.1) is 11.3 Å². The second-order valence-corrected chi connectivity index (χ2v) is 5.64. The molecule has 0 aliphatic rings. The molecule has 116 valence electrons. The normalized spacial score (nSPS) is 11.5. The Morgan fingerprint density at radius 1 is 1.30 bits per heavy atom. The van der Waals surface area contributed by atoms with Gasteiger partial charge < -0.3 is 9.36 Å². The molecule has 1 aromatic carbocycles. The van der Waals surface area contributed by atoms with E-state index in [1.54, 1.807) is 31.2 Å². The highest BCUT2D eigenvalue weighted by Gasteiger charge is 2.12. The van der Waals surface area contributed by atoms with Gasteiger partial charge in [-0.2, -0.15) is 0 Å². The molecule has 0 unspecified atom stereocenters. The minimum atomic E-state index is -0.507. The van der Waals surface area contributed by atoms with Gasteiger partial charge in [0.25, 0.3) is 0 Å². The molecule has 0 spiro atoms. The number of carbonyl (C=O) groups is 1. The number of aryl methyl sites for hydroxylation is 1. The molecule has 0 N–H and O–H groups in total. The maximum absolute atomic E-state index is 11.8. The summed E-state index contributed by atoms with van der Waals surface area (Å²) in [5, 5.41) is 10.3. The predicted molar refractivity (Wildman–Crippen MR) is 86.4 cm³/mol. The van der Waals surface area contributed by atoms with E-state index in [9.17, 15) is 4.79 Å². The number of rotatable bonds is 4. The van der Waals surface area contributed by atoms with Crippen molar-refractivity contribution in [2.45, 2.75) is 13.8 Å². The van der Waals surface area contributed by atoms with Crippen LogP contribution in [0.2, 0.25) is 0 Å². The van der Waals surface area contributed by atoms with Crippen molar-refractivity contribution in [3.8, 4) is 10.7 Å². The average Bonchev–Trinajstić information content (AvgIpc) is 3.22. The molecule has 0 aliphatic heterocycles. The Morgan fingerprint density at radius 3 is 2.78 bits per heavy atom. The largest absolute Gasteiger partial charge is 0.365 e. The minimum absolute atomic E-state index is 0.445. The molecule has 7 heteroatoms. The van der Waals surface area contributed by atoms with E-state index in [1.165, 1.54) is 11.3 Å². The van der Waals surface area contributed by atoms with Crippen LogP contribution in [0.3, 0.4) is 0 Å². The number of carbonyl (C=O) groups excluding carboxylic acids is 1. The topological polar surface area (TPSA) is 77.6 Å². The maximum atomic E-state index is 11.8. The summed E-state index contributed by atoms with van der Waals surface area (Å²) in [5.41, 5.74) is 2.26. The van der Waals surface area contributed by atoms with Crippen molar-refractivity contribution in [3.63, 3.8) is 0 Å². The van der Waals surface area contributed by atoms with Gasteiger partial charge in [-0.3, -0.25) is 0 Å². The van der Waals surface area contributed by atoms with E-state index in [0.29, 0.717) is 22.7 Å². The molecule has 3 rings (SSSR count). The van der Waals surface area contributed by atoms with E-state index in [0.717, 1.165) is 10.8 Å². The first kappa shape index (κ1) is 15.1. The first-order valence-electron chi connectivity index (χ1n) is 6.84. The Hall–Kier alpha value is -2.80. The third-order valence-electron chi connectivity index (χ3n) is 3.00. The van der Waals surface area contributed by atoms with Gasteiger partial charge in [0.1, 0.15) is 22.2 Å². The zero-order chi connectivity index (χ0) is 16.2. The smallest absolute Gasteiger partial charge is 0.361 e. The molecular weight excluding hydrogens is 314 g/mol. The number of aromatic nitrogens is 2. The summed E-state index contributed by atoms with van der Waals surface area (Å²) in [6.45, 7) is 3.55. The highest BCUT2D eigenvalue weighted by atomic mass is 32.1. The lowest BCUT2D eigenvalue weighted by Crippen LogP contribution is -2.04. The Labute approximate surface area is 136 Å². The number of benzene rings is 1. The van der Waals surface area contributed by atoms with Gasteiger partial charge >= 0.3 is 5.97 Å². The van der Waals surface area contributed by atoms with Crippen LogP contribution in [0, 0.1) is 6.92 Å². The SMILES string of the molecule is C/C(=N\OC(=O)c1ccccc1)c1csc(-c2cc(C)on2)n1. The molecule has 0 saturated heterocycles. The fourth-order valence-corrected chi connectivity index (χ4v) is 2.62. The molecule has 23 heavy (non-hydrogen) atoms. The number of nitrogens with zero attached hydrogens (tertiary/aromatic N) is 3. The lowest BCUT2D eigenvalue weighted by molar-refractivity contribution is 0.0516. The van der Waals surface area contributed by atoms with Crippen LogP contribution < -0.4 is 0 Å². The summed E-state index contributed by atoms with van der Waals surface area (Å²) in [6.07, 6.45) is 0. The quantitative estimate of drug-likeness (QED) is 0.415. The van der Waals surface area contributed by atoms with Crippen LogP contribution in [0.25, 0.3) is 10.7 Å². The number of hydrogen-bond acceptors (Lipinski definition) is 7. The zero-order valence-corrected chi connectivity index (χ0v) is 13.3. The van der Waals surface area contributed by atoms with Crippen LogP contribution in [0.1, 0.15) is 28.7 Å². The molecular formula is C16H13N3O3S. The second-order valence-electron chi connectivity index (χ2n) is 4.78. The van der Waals surface area contributed by atoms with Crippen LogP contribution in [0.5, 0.6) is 0 Å². The second kappa shape index (κ2) is 6.53. The van der Waals surface area contributed by atoms with Gasteiger partial charge in [-0.1, -0.05) is 28.5 Å². The van der Waals surface area contributed by atoms with E-state index in [4.69, 9.17) is 9.36 Å². The molecule has 0 radical (unpaired) electrons. The number of thiazole rings is 1. The van der Waals surface area contributed by atoms with Crippen LogP contribution in [0.4, 0.5) is 0 Å². The van der Waals surface area contributed by atoms with E-state index in [-0.39, 0.29) is 0 Å². The van der Waals surface area contributed by atoms with E-state index < -0.39 is 5.97 Å². The van der Waals surface area contributed by atoms with Crippen molar-refractivity contribution in [3.05, 3.63) is 58.8 Å². The summed E-state index contributed by atoms with van der Waals surface area (Å²) in [5.74, 6) is 0.214. The van der Waals surface area contributed by atoms with Crippen molar-refractivity contribution in [1.82, 2.24) is 10.1 Å². The van der Waals surface area contributed by atoms with Gasteiger partial charge in [-0.05, 0) is 26.0 Å². The zero-order valence-electron chi connectivity index (χ0n) is 12.5. The average molecular weight is 327 g/mol. The Kier molecular flexibility index (Phi) is 4.29. The Balaban J connectivity index is 1.72. The maximum Gasteiger partial charge on any atom is 0.365 e. The van der Waals surface area contributed by atoms with E-state index in [2.05, 4.69) is 15.3 Å². The Bertz CT molecular complexity index is 852. The van der Waals surface area contributed by atoms with Gasteiger partial charge in [-0.25, -0.2) is 9.78 Å². The molecule has 0 saturated carbocycles. The fraction of sp³-hybridized carbons (Fsp3) is 0.125. The van der Waals surface area contributed by atoms with Gasteiger partial charge in [0.2, 0.25) is 0 Å². The highest BCUT2D eigenvalue weighted by molar-refractivity contribution is 7.13. The minimum Gasteiger partial charge on any atom is -0.361 e. The molecule has 0 bridgehead atoms. The molecule has 6 nitrogen and oxygen atoms in total. The van der Waals surface area contributed by atoms with E-state index >= 15 is 0 Å². The third kappa shape index (κ3) is 3.51. The van der Waals surface area contributed by atoms with Crippen molar-refractivity contribution in [2.24, 2.45) is 5.16 Å². The van der Waals surface area contributed by atoms with E-state index in [1.807, 2.05) is 24.4 Å². The van der Waals surface area contributed by atoms with Crippen molar-refractivity contribution in [1.29, 1.82) is 0 Å². The van der Waals surface area contributed by atoms with Gasteiger partial charge in [0.15, 0.2) is 0 Å². The highest BCUT2D eigenvalue weighted by Crippen LogP contribution is 2.23. The van der Waals surface area contributed by atoms with Crippen molar-refractivity contribution < 1.29 is 14.2 Å². The first-order chi connectivity index (χ1) is 11.1. The molecule has 2 heterocycles. The van der Waals surface area contributed by atoms with Crippen LogP contribution >= 0.6 is 11.3 Å². The van der Waals surface area contributed by atoms with Gasteiger partial charge in [0, 0.05) is 11.4 Å². The fourth-order valence-electron chi connectivity index (χ4n) is 1.81. The molecule has 0 aliphatic carbocycles. The first-order valence-corrected chi connectivity index (χ1v) is 7.72. The van der Waals surface area contributed by atoms with Crippen LogP contribution in [-0.4, -0.2) is 21.8 Å². The van der Waals surface area contributed by atoms with Crippen molar-refractivity contribution >= 4 is 23.0 Å². The summed E-state index contributed by atoms with van der Waals surface area (Å²) < 4.78 is 5.03. The lowest BCUT2D eigenvalue weighted by Gasteiger charge is -1.98. The molecule has 3 aromatic rings. The third-order valence-corrected chi connectivity index (χ3v) is 3.86. The van der Waals surface area contributed by atoms with Gasteiger partial charge in [-0.15, -0.1) is 11.3 Å². The molecule has 0 fully saturated rings. The Morgan fingerprint density at radius 2 is 2.09 bits per heavy atom. The standard InChI is InChI=1S/C16H13N3O3S/c1-10-8-13(19-21-10)15-17-14(9-23-15)11(2)18-22-16(20)12-6-4-3-5-7-12/h3-9H,1-2H3/b18-11+. The summed E-state index contributed by atoms with van der Waals surface area (Å²) >= 11 is 1.42. The number of hydrogen-bond donors (Lipinski definition) is 0.